The maximum absolute atomic E-state index is 11.9. The summed E-state index contributed by atoms with van der Waals surface area (Å²) in [5.74, 6) is 0.731. The van der Waals surface area contributed by atoms with Crippen LogP contribution in [0.2, 0.25) is 0 Å². The van der Waals surface area contributed by atoms with Gasteiger partial charge in [-0.05, 0) is 62.6 Å². The molecule has 0 fully saturated rings. The van der Waals surface area contributed by atoms with Gasteiger partial charge >= 0.3 is 0 Å². The Kier molecular flexibility index (Phi) is 12.1. The van der Waals surface area contributed by atoms with Crippen LogP contribution >= 0.6 is 21.6 Å². The molecule has 0 unspecified atom stereocenters. The fraction of sp³-hybridized carbons (Fsp3) is 0.684. The van der Waals surface area contributed by atoms with Crippen LogP contribution in [0.15, 0.2) is 34.5 Å². The number of carbonyl (C=O) groups is 1. The molecule has 0 aliphatic rings. The molecule has 0 atom stereocenters. The second-order valence-corrected chi connectivity index (χ2v) is 9.97. The minimum atomic E-state index is -0.477. The van der Waals surface area contributed by atoms with Crippen molar-refractivity contribution in [1.29, 1.82) is 0 Å². The zero-order valence-corrected chi connectivity index (χ0v) is 19.2. The predicted octanol–water partition coefficient (Wildman–Crippen LogP) is 4.62. The van der Waals surface area contributed by atoms with Gasteiger partial charge in [-0.25, -0.2) is 4.98 Å². The van der Waals surface area contributed by atoms with E-state index in [2.05, 4.69) is 20.3 Å². The molecular weight excluding hydrogens is 410 g/mol. The molecule has 1 aromatic rings. The van der Waals surface area contributed by atoms with Crippen LogP contribution in [0.5, 0.6) is 0 Å². The van der Waals surface area contributed by atoms with E-state index in [0.29, 0.717) is 39.1 Å². The number of ether oxygens (including phenoxy) is 2. The van der Waals surface area contributed by atoms with Crippen molar-refractivity contribution in [2.24, 2.45) is 5.11 Å². The molecule has 1 aromatic heterocycles. The molecule has 1 heterocycles. The van der Waals surface area contributed by atoms with Crippen molar-refractivity contribution in [3.63, 3.8) is 0 Å². The van der Waals surface area contributed by atoms with Gasteiger partial charge in [0.25, 0.3) is 0 Å². The van der Waals surface area contributed by atoms with Gasteiger partial charge in [0.15, 0.2) is 0 Å². The van der Waals surface area contributed by atoms with E-state index in [1.807, 2.05) is 45.9 Å². The first-order valence-electron chi connectivity index (χ1n) is 9.50. The molecule has 1 N–H and O–H groups in total. The second kappa shape index (κ2) is 13.7. The number of amides is 1. The third-order valence-electron chi connectivity index (χ3n) is 3.80. The lowest BCUT2D eigenvalue weighted by Gasteiger charge is -2.32. The predicted molar refractivity (Wildman–Crippen MR) is 119 cm³/mol. The van der Waals surface area contributed by atoms with Crippen LogP contribution in [-0.4, -0.2) is 54.1 Å². The average molecular weight is 442 g/mol. The van der Waals surface area contributed by atoms with Gasteiger partial charge in [-0.15, -0.1) is 0 Å². The molecule has 0 saturated heterocycles. The number of carbonyl (C=O) groups excluding carboxylic acids is 1. The Balaban J connectivity index is 2.12. The number of rotatable bonds is 15. The summed E-state index contributed by atoms with van der Waals surface area (Å²) in [7, 11) is 3.18. The van der Waals surface area contributed by atoms with Gasteiger partial charge in [0.05, 0.1) is 24.4 Å². The molecule has 1 amide bonds. The van der Waals surface area contributed by atoms with E-state index in [1.165, 1.54) is 0 Å². The molecule has 0 aromatic carbocycles. The Bertz CT molecular complexity index is 653. The van der Waals surface area contributed by atoms with Crippen molar-refractivity contribution in [1.82, 2.24) is 10.3 Å². The highest BCUT2D eigenvalue weighted by Gasteiger charge is 2.25. The van der Waals surface area contributed by atoms with Crippen molar-refractivity contribution < 1.29 is 14.3 Å². The van der Waals surface area contributed by atoms with Crippen LogP contribution < -0.4 is 5.32 Å². The van der Waals surface area contributed by atoms with E-state index < -0.39 is 11.2 Å². The molecule has 10 heteroatoms. The highest BCUT2D eigenvalue weighted by molar-refractivity contribution is 8.76. The van der Waals surface area contributed by atoms with E-state index in [-0.39, 0.29) is 5.91 Å². The molecule has 0 bridgehead atoms. The maximum atomic E-state index is 11.9. The molecule has 0 spiro atoms. The Morgan fingerprint density at radius 1 is 1.28 bits per heavy atom. The first kappa shape index (κ1) is 25.6. The van der Waals surface area contributed by atoms with E-state index in [4.69, 9.17) is 15.0 Å². The van der Waals surface area contributed by atoms with E-state index in [0.717, 1.165) is 10.8 Å². The summed E-state index contributed by atoms with van der Waals surface area (Å²) < 4.78 is 11.8. The van der Waals surface area contributed by atoms with Gasteiger partial charge in [0, 0.05) is 36.4 Å². The summed E-state index contributed by atoms with van der Waals surface area (Å²) in [5.41, 5.74) is 7.48. The molecule has 0 aliphatic carbocycles. The third-order valence-corrected chi connectivity index (χ3v) is 6.07. The van der Waals surface area contributed by atoms with Crippen LogP contribution in [-0.2, 0) is 14.3 Å². The molecule has 29 heavy (non-hydrogen) atoms. The number of hydrogen-bond donors (Lipinski definition) is 1. The van der Waals surface area contributed by atoms with Gasteiger partial charge in [0.1, 0.15) is 5.03 Å². The summed E-state index contributed by atoms with van der Waals surface area (Å²) in [4.78, 5) is 18.9. The fourth-order valence-electron chi connectivity index (χ4n) is 2.09. The van der Waals surface area contributed by atoms with E-state index in [9.17, 15) is 4.79 Å². The molecule has 1 rings (SSSR count). The highest BCUT2D eigenvalue weighted by atomic mass is 33.1. The SMILES string of the molecule is CC(C)(CCN=[N+]=[N-])OCC(C)(C)OCCNC(=O)CCSSc1ccccn1. The zero-order chi connectivity index (χ0) is 21.6. The smallest absolute Gasteiger partial charge is 0.220 e. The number of nitrogens with one attached hydrogen (secondary N) is 1. The number of aromatic nitrogens is 1. The highest BCUT2D eigenvalue weighted by Crippen LogP contribution is 2.29. The van der Waals surface area contributed by atoms with Gasteiger partial charge in [0.2, 0.25) is 5.91 Å². The standard InChI is InChI=1S/C19H31N5O3S2/c1-18(2,9-11-23-24-20)27-15-19(3,4)26-13-12-21-16(25)8-14-28-29-17-7-5-6-10-22-17/h5-7,10H,8-9,11-15H2,1-4H3,(H,21,25). The molecular formula is C19H31N5O3S2. The van der Waals surface area contributed by atoms with Gasteiger partial charge in [-0.3, -0.25) is 4.79 Å². The van der Waals surface area contributed by atoms with Crippen LogP contribution in [0.25, 0.3) is 10.4 Å². The van der Waals surface area contributed by atoms with Gasteiger partial charge in [-0.1, -0.05) is 22.0 Å². The minimum Gasteiger partial charge on any atom is -0.373 e. The minimum absolute atomic E-state index is 0.0101. The number of pyridine rings is 1. The molecule has 0 aliphatic heterocycles. The van der Waals surface area contributed by atoms with Crippen LogP contribution in [0.4, 0.5) is 0 Å². The third kappa shape index (κ3) is 13.4. The summed E-state index contributed by atoms with van der Waals surface area (Å²) in [6.45, 7) is 9.49. The molecule has 162 valence electrons. The van der Waals surface area contributed by atoms with Crippen molar-refractivity contribution in [3.05, 3.63) is 34.8 Å². The first-order chi connectivity index (χ1) is 13.7. The normalized spacial score (nSPS) is 11.7. The monoisotopic (exact) mass is 441 g/mol. The Hall–Kier alpha value is -1.45. The number of hydrogen-bond acceptors (Lipinski definition) is 7. The topological polar surface area (TPSA) is 109 Å². The Labute approximate surface area is 180 Å². The van der Waals surface area contributed by atoms with E-state index in [1.54, 1.807) is 27.8 Å². The Morgan fingerprint density at radius 2 is 2.07 bits per heavy atom. The quantitative estimate of drug-likeness (QED) is 0.140. The lowest BCUT2D eigenvalue weighted by atomic mass is 10.0. The first-order valence-corrected chi connectivity index (χ1v) is 11.8. The number of nitrogens with zero attached hydrogens (tertiary/aromatic N) is 4. The summed E-state index contributed by atoms with van der Waals surface area (Å²) in [5, 5.41) is 7.36. The Morgan fingerprint density at radius 3 is 2.76 bits per heavy atom. The lowest BCUT2D eigenvalue weighted by Crippen LogP contribution is -2.39. The molecule has 8 nitrogen and oxygen atoms in total. The summed E-state index contributed by atoms with van der Waals surface area (Å²) >= 11 is 0. The van der Waals surface area contributed by atoms with Gasteiger partial charge < -0.3 is 14.8 Å². The van der Waals surface area contributed by atoms with Crippen molar-refractivity contribution in [3.8, 4) is 0 Å². The van der Waals surface area contributed by atoms with Crippen molar-refractivity contribution >= 4 is 27.5 Å². The molecule has 0 saturated carbocycles. The van der Waals surface area contributed by atoms with Crippen LogP contribution in [0.3, 0.4) is 0 Å². The zero-order valence-electron chi connectivity index (χ0n) is 17.6. The second-order valence-electron chi connectivity index (χ2n) is 7.53. The maximum Gasteiger partial charge on any atom is 0.220 e. The lowest BCUT2D eigenvalue weighted by molar-refractivity contribution is -0.126. The van der Waals surface area contributed by atoms with Gasteiger partial charge in [-0.2, -0.15) is 0 Å². The fourth-order valence-corrected chi connectivity index (χ4v) is 3.95. The van der Waals surface area contributed by atoms with E-state index >= 15 is 0 Å². The van der Waals surface area contributed by atoms with Crippen LogP contribution in [0, 0.1) is 0 Å². The average Bonchev–Trinajstić information content (AvgIpc) is 2.68. The largest absolute Gasteiger partial charge is 0.373 e. The number of azide groups is 1. The summed E-state index contributed by atoms with van der Waals surface area (Å²) in [6.07, 6.45) is 2.85. The van der Waals surface area contributed by atoms with Crippen LogP contribution in [0.1, 0.15) is 40.5 Å². The van der Waals surface area contributed by atoms with Crippen molar-refractivity contribution in [2.45, 2.75) is 56.8 Å². The molecule has 0 radical (unpaired) electrons. The summed E-state index contributed by atoms with van der Waals surface area (Å²) in [6, 6.07) is 5.77. The van der Waals surface area contributed by atoms with Crippen molar-refractivity contribution in [2.75, 3.05) is 32.1 Å².